The van der Waals surface area contributed by atoms with Gasteiger partial charge in [0.1, 0.15) is 0 Å². The van der Waals surface area contributed by atoms with Crippen LogP contribution in [0, 0.1) is 6.92 Å². The molecule has 0 bridgehead atoms. The number of alkyl halides is 1. The van der Waals surface area contributed by atoms with Crippen LogP contribution in [0.5, 0.6) is 0 Å². The Morgan fingerprint density at radius 3 is 2.59 bits per heavy atom. The van der Waals surface area contributed by atoms with Gasteiger partial charge in [-0.1, -0.05) is 0 Å². The third-order valence-corrected chi connectivity index (χ3v) is 4.34. The first-order chi connectivity index (χ1) is 10.5. The average Bonchev–Trinajstić information content (AvgIpc) is 2.52. The fraction of sp³-hybridized carbons (Fsp3) is 0.562. The SMILES string of the molecule is CC(=O)N1CCN(c2ccc(NCC(O)CCl)cc2C)CC1. The largest absolute Gasteiger partial charge is 0.390 e. The molecule has 1 saturated heterocycles. The number of rotatable bonds is 5. The first kappa shape index (κ1) is 16.9. The van der Waals surface area contributed by atoms with Crippen molar-refractivity contribution in [1.82, 2.24) is 4.90 Å². The second-order valence-electron chi connectivity index (χ2n) is 5.68. The van der Waals surface area contributed by atoms with E-state index in [9.17, 15) is 9.90 Å². The molecular formula is C16H24ClN3O2. The van der Waals surface area contributed by atoms with E-state index in [4.69, 9.17) is 11.6 Å². The lowest BCUT2D eigenvalue weighted by Crippen LogP contribution is -2.48. The van der Waals surface area contributed by atoms with Gasteiger partial charge < -0.3 is 20.2 Å². The van der Waals surface area contributed by atoms with Crippen LogP contribution >= 0.6 is 11.6 Å². The molecule has 22 heavy (non-hydrogen) atoms. The molecule has 2 rings (SSSR count). The van der Waals surface area contributed by atoms with Gasteiger partial charge in [-0.2, -0.15) is 0 Å². The maximum Gasteiger partial charge on any atom is 0.219 e. The quantitative estimate of drug-likeness (QED) is 0.809. The summed E-state index contributed by atoms with van der Waals surface area (Å²) in [6.07, 6.45) is -0.540. The van der Waals surface area contributed by atoms with E-state index in [0.29, 0.717) is 6.54 Å². The summed E-state index contributed by atoms with van der Waals surface area (Å²) >= 11 is 5.59. The summed E-state index contributed by atoms with van der Waals surface area (Å²) in [7, 11) is 0. The van der Waals surface area contributed by atoms with Gasteiger partial charge in [0, 0.05) is 51.0 Å². The van der Waals surface area contributed by atoms with E-state index < -0.39 is 6.10 Å². The fourth-order valence-electron chi connectivity index (χ4n) is 2.67. The number of hydrogen-bond donors (Lipinski definition) is 2. The zero-order valence-corrected chi connectivity index (χ0v) is 13.9. The van der Waals surface area contributed by atoms with Crippen LogP contribution < -0.4 is 10.2 Å². The normalized spacial score (nSPS) is 16.5. The lowest BCUT2D eigenvalue weighted by atomic mass is 10.1. The summed E-state index contributed by atoms with van der Waals surface area (Å²) < 4.78 is 0. The van der Waals surface area contributed by atoms with Gasteiger partial charge in [0.05, 0.1) is 12.0 Å². The van der Waals surface area contributed by atoms with Crippen LogP contribution in [-0.2, 0) is 4.79 Å². The zero-order chi connectivity index (χ0) is 16.1. The molecule has 1 aromatic rings. The van der Waals surface area contributed by atoms with Crippen molar-refractivity contribution in [2.45, 2.75) is 20.0 Å². The van der Waals surface area contributed by atoms with Crippen molar-refractivity contribution in [1.29, 1.82) is 0 Å². The molecule has 0 aromatic heterocycles. The van der Waals surface area contributed by atoms with E-state index in [1.807, 2.05) is 11.0 Å². The van der Waals surface area contributed by atoms with Crippen molar-refractivity contribution < 1.29 is 9.90 Å². The molecule has 1 aromatic carbocycles. The van der Waals surface area contributed by atoms with Crippen molar-refractivity contribution in [2.75, 3.05) is 48.8 Å². The number of nitrogens with zero attached hydrogens (tertiary/aromatic N) is 2. The number of piperazine rings is 1. The molecule has 0 saturated carbocycles. The number of nitrogens with one attached hydrogen (secondary N) is 1. The summed E-state index contributed by atoms with van der Waals surface area (Å²) in [5.74, 6) is 0.374. The Kier molecular flexibility index (Phi) is 5.91. The van der Waals surface area contributed by atoms with Crippen molar-refractivity contribution in [2.24, 2.45) is 0 Å². The Bertz CT molecular complexity index is 516. The molecular weight excluding hydrogens is 302 g/mol. The van der Waals surface area contributed by atoms with Crippen LogP contribution in [-0.4, -0.2) is 60.6 Å². The third kappa shape index (κ3) is 4.27. The van der Waals surface area contributed by atoms with Crippen molar-refractivity contribution in [3.8, 4) is 0 Å². The van der Waals surface area contributed by atoms with Crippen LogP contribution in [0.3, 0.4) is 0 Å². The van der Waals surface area contributed by atoms with Gasteiger partial charge in [-0.15, -0.1) is 11.6 Å². The highest BCUT2D eigenvalue weighted by molar-refractivity contribution is 6.18. The second kappa shape index (κ2) is 7.70. The molecule has 1 unspecified atom stereocenters. The number of aliphatic hydroxyl groups excluding tert-OH is 1. The molecule has 1 heterocycles. The maximum atomic E-state index is 11.4. The molecule has 0 radical (unpaired) electrons. The predicted molar refractivity (Wildman–Crippen MR) is 90.9 cm³/mol. The van der Waals surface area contributed by atoms with Gasteiger partial charge in [-0.25, -0.2) is 0 Å². The van der Waals surface area contributed by atoms with E-state index in [2.05, 4.69) is 29.3 Å². The van der Waals surface area contributed by atoms with E-state index in [1.165, 1.54) is 11.3 Å². The molecule has 0 spiro atoms. The van der Waals surface area contributed by atoms with Gasteiger partial charge in [0.15, 0.2) is 0 Å². The average molecular weight is 326 g/mol. The van der Waals surface area contributed by atoms with Gasteiger partial charge in [0.2, 0.25) is 5.91 Å². The Morgan fingerprint density at radius 2 is 2.05 bits per heavy atom. The molecule has 1 aliphatic rings. The first-order valence-electron chi connectivity index (χ1n) is 7.60. The van der Waals surface area contributed by atoms with Crippen LogP contribution in [0.25, 0.3) is 0 Å². The molecule has 1 atom stereocenters. The van der Waals surface area contributed by atoms with Gasteiger partial charge >= 0.3 is 0 Å². The minimum atomic E-state index is -0.540. The molecule has 1 fully saturated rings. The van der Waals surface area contributed by atoms with Gasteiger partial charge in [0.25, 0.3) is 0 Å². The Labute approximate surface area is 136 Å². The highest BCUT2D eigenvalue weighted by Gasteiger charge is 2.19. The molecule has 1 aliphatic heterocycles. The van der Waals surface area contributed by atoms with Crippen molar-refractivity contribution >= 4 is 28.9 Å². The molecule has 5 nitrogen and oxygen atoms in total. The Balaban J connectivity index is 1.97. The summed E-state index contributed by atoms with van der Waals surface area (Å²) in [6, 6.07) is 6.18. The van der Waals surface area contributed by atoms with Crippen LogP contribution in [0.4, 0.5) is 11.4 Å². The number of aliphatic hydroxyl groups is 1. The second-order valence-corrected chi connectivity index (χ2v) is 5.99. The highest BCUT2D eigenvalue weighted by atomic mass is 35.5. The number of amides is 1. The predicted octanol–water partition coefficient (Wildman–Crippen LogP) is 1.68. The number of carbonyl (C=O) groups excluding carboxylic acids is 1. The summed E-state index contributed by atoms with van der Waals surface area (Å²) in [6.45, 7) is 7.41. The standard InChI is InChI=1S/C16H24ClN3O2/c1-12-9-14(18-11-15(22)10-17)3-4-16(12)20-7-5-19(6-8-20)13(2)21/h3-4,9,15,18,22H,5-8,10-11H2,1-2H3. The molecule has 2 N–H and O–H groups in total. The first-order valence-corrected chi connectivity index (χ1v) is 8.13. The minimum Gasteiger partial charge on any atom is -0.390 e. The smallest absolute Gasteiger partial charge is 0.219 e. The lowest BCUT2D eigenvalue weighted by molar-refractivity contribution is -0.129. The summed E-state index contributed by atoms with van der Waals surface area (Å²) in [5, 5.41) is 12.7. The molecule has 0 aliphatic carbocycles. The number of anilines is 2. The van der Waals surface area contributed by atoms with Crippen molar-refractivity contribution in [3.63, 3.8) is 0 Å². The molecule has 1 amide bonds. The van der Waals surface area contributed by atoms with Crippen LogP contribution in [0.2, 0.25) is 0 Å². The number of aryl methyl sites for hydroxylation is 1. The Hall–Kier alpha value is -1.46. The molecule has 6 heteroatoms. The highest BCUT2D eigenvalue weighted by Crippen LogP contribution is 2.24. The van der Waals surface area contributed by atoms with E-state index in [-0.39, 0.29) is 11.8 Å². The third-order valence-electron chi connectivity index (χ3n) is 3.98. The maximum absolute atomic E-state index is 11.4. The zero-order valence-electron chi connectivity index (χ0n) is 13.2. The van der Waals surface area contributed by atoms with E-state index >= 15 is 0 Å². The van der Waals surface area contributed by atoms with Crippen molar-refractivity contribution in [3.05, 3.63) is 23.8 Å². The Morgan fingerprint density at radius 1 is 1.36 bits per heavy atom. The van der Waals surface area contributed by atoms with E-state index in [1.54, 1.807) is 6.92 Å². The minimum absolute atomic E-state index is 0.147. The van der Waals surface area contributed by atoms with E-state index in [0.717, 1.165) is 31.9 Å². The number of carbonyl (C=O) groups is 1. The van der Waals surface area contributed by atoms with Crippen LogP contribution in [0.15, 0.2) is 18.2 Å². The topological polar surface area (TPSA) is 55.8 Å². The number of halogens is 1. The van der Waals surface area contributed by atoms with Crippen LogP contribution in [0.1, 0.15) is 12.5 Å². The fourth-order valence-corrected chi connectivity index (χ4v) is 2.78. The number of benzene rings is 1. The van der Waals surface area contributed by atoms with Gasteiger partial charge in [-0.05, 0) is 30.7 Å². The monoisotopic (exact) mass is 325 g/mol. The number of hydrogen-bond acceptors (Lipinski definition) is 4. The summed E-state index contributed by atoms with van der Waals surface area (Å²) in [4.78, 5) is 15.6. The lowest BCUT2D eigenvalue weighted by Gasteiger charge is -2.36. The van der Waals surface area contributed by atoms with Gasteiger partial charge in [-0.3, -0.25) is 4.79 Å². The molecule has 122 valence electrons. The summed E-state index contributed by atoms with van der Waals surface area (Å²) in [5.41, 5.74) is 3.36.